The van der Waals surface area contributed by atoms with E-state index in [9.17, 15) is 0 Å². The number of thiophene rings is 1. The molecule has 2 aromatic heterocycles. The maximum Gasteiger partial charge on any atom is 0.116 e. The van der Waals surface area contributed by atoms with Crippen molar-refractivity contribution in [1.29, 1.82) is 0 Å². The molecule has 2 nitrogen and oxygen atoms in total. The number of benzene rings is 3. The van der Waals surface area contributed by atoms with Gasteiger partial charge < -0.3 is 0 Å². The van der Waals surface area contributed by atoms with Crippen LogP contribution in [-0.4, -0.2) is 18.0 Å². The minimum absolute atomic E-state index is 1.03. The van der Waals surface area contributed by atoms with Gasteiger partial charge in [0.15, 0.2) is 0 Å². The summed E-state index contributed by atoms with van der Waals surface area (Å²) in [5, 5.41) is 5.21. The minimum atomic E-state index is -1.38. The van der Waals surface area contributed by atoms with Crippen LogP contribution in [-0.2, 0) is 0 Å². The number of fused-ring (bicyclic) bond motifs is 4. The Morgan fingerprint density at radius 1 is 0.821 bits per heavy atom. The average Bonchev–Trinajstić information content (AvgIpc) is 3.04. The Balaban J connectivity index is 1.84. The first-order chi connectivity index (χ1) is 13.4. The van der Waals surface area contributed by atoms with Crippen molar-refractivity contribution in [3.63, 3.8) is 0 Å². The van der Waals surface area contributed by atoms with E-state index in [1.165, 1.54) is 36.5 Å². The molecule has 0 N–H and O–H groups in total. The van der Waals surface area contributed by atoms with Gasteiger partial charge >= 0.3 is 0 Å². The molecule has 0 saturated carbocycles. The third-order valence-corrected chi connectivity index (χ3v) is 8.64. The quantitative estimate of drug-likeness (QED) is 0.316. The van der Waals surface area contributed by atoms with E-state index in [1.54, 1.807) is 6.33 Å². The van der Waals surface area contributed by atoms with Gasteiger partial charge in [0.2, 0.25) is 0 Å². The number of nitrogens with zero attached hydrogens (tertiary/aromatic N) is 2. The first-order valence-corrected chi connectivity index (χ1v) is 13.9. The molecule has 0 aliphatic heterocycles. The normalized spacial score (nSPS) is 12.3. The van der Waals surface area contributed by atoms with Crippen LogP contribution in [0.5, 0.6) is 0 Å². The molecule has 0 fully saturated rings. The summed E-state index contributed by atoms with van der Waals surface area (Å²) < 4.78 is 2.63. The number of aryl methyl sites for hydroxylation is 1. The van der Waals surface area contributed by atoms with Crippen molar-refractivity contribution in [2.45, 2.75) is 26.6 Å². The van der Waals surface area contributed by atoms with E-state index in [-0.39, 0.29) is 0 Å². The van der Waals surface area contributed by atoms with Gasteiger partial charge in [0.1, 0.15) is 6.33 Å². The topological polar surface area (TPSA) is 25.8 Å². The van der Waals surface area contributed by atoms with Crippen molar-refractivity contribution in [3.8, 4) is 11.3 Å². The molecule has 0 unspecified atom stereocenters. The van der Waals surface area contributed by atoms with Crippen molar-refractivity contribution >= 4 is 55.7 Å². The third-order valence-electron chi connectivity index (χ3n) is 5.38. The smallest absolute Gasteiger partial charge is 0.116 e. The third kappa shape index (κ3) is 2.76. The lowest BCUT2D eigenvalue weighted by Gasteiger charge is -2.17. The van der Waals surface area contributed by atoms with Crippen molar-refractivity contribution < 1.29 is 0 Å². The highest BCUT2D eigenvalue weighted by Gasteiger charge is 2.19. The first kappa shape index (κ1) is 17.5. The van der Waals surface area contributed by atoms with Gasteiger partial charge in [-0.1, -0.05) is 55.2 Å². The SMILES string of the molecule is Cc1cc(-c2ncnc3cc([Si](C)(C)C)ccc23)c2sc3ccccc3c2c1. The molecule has 2 heterocycles. The Hall–Kier alpha value is -2.56. The monoisotopic (exact) mass is 398 g/mol. The van der Waals surface area contributed by atoms with E-state index in [0.717, 1.165) is 16.6 Å². The molecule has 0 atom stereocenters. The molecule has 0 radical (unpaired) electrons. The van der Waals surface area contributed by atoms with Crippen LogP contribution in [0.3, 0.4) is 0 Å². The van der Waals surface area contributed by atoms with Crippen LogP contribution >= 0.6 is 11.3 Å². The van der Waals surface area contributed by atoms with E-state index in [2.05, 4.69) is 86.1 Å². The Labute approximate surface area is 169 Å². The van der Waals surface area contributed by atoms with Gasteiger partial charge in [0.05, 0.1) is 19.3 Å². The molecule has 0 aliphatic carbocycles. The van der Waals surface area contributed by atoms with E-state index >= 15 is 0 Å². The summed E-state index contributed by atoms with van der Waals surface area (Å²) in [5.41, 5.74) is 4.55. The summed E-state index contributed by atoms with van der Waals surface area (Å²) >= 11 is 1.85. The molecule has 3 aromatic carbocycles. The average molecular weight is 399 g/mol. The highest BCUT2D eigenvalue weighted by molar-refractivity contribution is 7.26. The molecule has 0 bridgehead atoms. The zero-order valence-electron chi connectivity index (χ0n) is 16.6. The van der Waals surface area contributed by atoms with Crippen molar-refractivity contribution in [1.82, 2.24) is 9.97 Å². The Morgan fingerprint density at radius 3 is 2.46 bits per heavy atom. The molecule has 5 aromatic rings. The lowest BCUT2D eigenvalue weighted by atomic mass is 10.0. The van der Waals surface area contributed by atoms with E-state index in [0.29, 0.717) is 0 Å². The summed E-state index contributed by atoms with van der Waals surface area (Å²) in [4.78, 5) is 9.34. The summed E-state index contributed by atoms with van der Waals surface area (Å²) in [6.45, 7) is 9.29. The van der Waals surface area contributed by atoms with E-state index < -0.39 is 8.07 Å². The molecule has 0 amide bonds. The standard InChI is InChI=1S/C24H22N2SSi/c1-15-11-19-17-7-5-6-8-22(17)27-24(19)20(12-15)23-18-10-9-16(28(2,3)4)13-21(18)25-14-26-23/h5-14H,1-4H3. The molecule has 0 saturated heterocycles. The van der Waals surface area contributed by atoms with Crippen LogP contribution in [0.2, 0.25) is 19.6 Å². The summed E-state index contributed by atoms with van der Waals surface area (Å²) in [6, 6.07) is 20.0. The van der Waals surface area contributed by atoms with Gasteiger partial charge in [-0.25, -0.2) is 9.97 Å². The summed E-state index contributed by atoms with van der Waals surface area (Å²) in [6.07, 6.45) is 1.72. The highest BCUT2D eigenvalue weighted by atomic mass is 32.1. The zero-order valence-corrected chi connectivity index (χ0v) is 18.4. The summed E-state index contributed by atoms with van der Waals surface area (Å²) in [7, 11) is -1.38. The van der Waals surface area contributed by atoms with Crippen LogP contribution in [0.25, 0.3) is 42.3 Å². The number of rotatable bonds is 2. The van der Waals surface area contributed by atoms with Crippen molar-refractivity contribution in [2.75, 3.05) is 0 Å². The minimum Gasteiger partial charge on any atom is -0.236 e. The van der Waals surface area contributed by atoms with Gasteiger partial charge in [-0.05, 0) is 36.8 Å². The Bertz CT molecular complexity index is 1360. The molecular weight excluding hydrogens is 376 g/mol. The van der Waals surface area contributed by atoms with Crippen LogP contribution in [0.15, 0.2) is 60.9 Å². The van der Waals surface area contributed by atoms with Gasteiger partial charge in [-0.15, -0.1) is 11.3 Å². The zero-order chi connectivity index (χ0) is 19.5. The van der Waals surface area contributed by atoms with E-state index in [4.69, 9.17) is 4.98 Å². The second-order valence-corrected chi connectivity index (χ2v) is 14.6. The molecule has 28 heavy (non-hydrogen) atoms. The first-order valence-electron chi connectivity index (χ1n) is 9.59. The molecule has 138 valence electrons. The highest BCUT2D eigenvalue weighted by Crippen LogP contribution is 2.41. The second kappa shape index (κ2) is 6.22. The molecule has 4 heteroatoms. The lowest BCUT2D eigenvalue weighted by Crippen LogP contribution is -2.37. The van der Waals surface area contributed by atoms with Crippen molar-refractivity contribution in [3.05, 3.63) is 66.5 Å². The molecule has 5 rings (SSSR count). The van der Waals surface area contributed by atoms with Crippen molar-refractivity contribution in [2.24, 2.45) is 0 Å². The Kier molecular flexibility index (Phi) is 3.90. The van der Waals surface area contributed by atoms with Crippen LogP contribution in [0.4, 0.5) is 0 Å². The fourth-order valence-electron chi connectivity index (χ4n) is 3.89. The Morgan fingerprint density at radius 2 is 1.64 bits per heavy atom. The fraction of sp³-hybridized carbons (Fsp3) is 0.167. The van der Waals surface area contributed by atoms with Gasteiger partial charge in [-0.3, -0.25) is 0 Å². The predicted molar refractivity (Wildman–Crippen MR) is 126 cm³/mol. The summed E-state index contributed by atoms with van der Waals surface area (Å²) in [5.74, 6) is 0. The largest absolute Gasteiger partial charge is 0.236 e. The van der Waals surface area contributed by atoms with Gasteiger partial charge in [-0.2, -0.15) is 0 Å². The number of aromatic nitrogens is 2. The van der Waals surface area contributed by atoms with Gasteiger partial charge in [0, 0.05) is 31.1 Å². The molecular formula is C24H22N2SSi. The second-order valence-electron chi connectivity index (χ2n) is 8.49. The molecule has 0 spiro atoms. The lowest BCUT2D eigenvalue weighted by molar-refractivity contribution is 1.23. The van der Waals surface area contributed by atoms with Gasteiger partial charge in [0.25, 0.3) is 0 Å². The fourth-order valence-corrected chi connectivity index (χ4v) is 6.24. The number of hydrogen-bond acceptors (Lipinski definition) is 3. The van der Waals surface area contributed by atoms with Crippen LogP contribution < -0.4 is 5.19 Å². The maximum atomic E-state index is 4.74. The maximum absolute atomic E-state index is 4.74. The molecule has 0 aliphatic rings. The van der Waals surface area contributed by atoms with E-state index in [1.807, 2.05) is 11.3 Å². The van der Waals surface area contributed by atoms with Crippen LogP contribution in [0.1, 0.15) is 5.56 Å². The number of hydrogen-bond donors (Lipinski definition) is 0. The van der Waals surface area contributed by atoms with Crippen LogP contribution in [0, 0.1) is 6.92 Å². The predicted octanol–water partition coefficient (Wildman–Crippen LogP) is 6.52.